The summed E-state index contributed by atoms with van der Waals surface area (Å²) in [6, 6.07) is 18.4. The molecular weight excluding hydrogens is 300 g/mol. The molecule has 0 aliphatic rings. The predicted molar refractivity (Wildman–Crippen MR) is 93.0 cm³/mol. The summed E-state index contributed by atoms with van der Waals surface area (Å²) in [7, 11) is 0. The van der Waals surface area contributed by atoms with Crippen molar-refractivity contribution in [2.75, 3.05) is 6.26 Å². The largest absolute Gasteiger partial charge is 0.287 e. The molecule has 0 aliphatic carbocycles. The lowest BCUT2D eigenvalue weighted by atomic mass is 10.0. The van der Waals surface area contributed by atoms with Crippen LogP contribution in [0.15, 0.2) is 65.8 Å². The van der Waals surface area contributed by atoms with Gasteiger partial charge < -0.3 is 0 Å². The molecule has 2 aromatic rings. The molecule has 0 radical (unpaired) electrons. The van der Waals surface area contributed by atoms with Crippen LogP contribution < -0.4 is 5.43 Å². The number of rotatable bonds is 4. The Bertz CT molecular complexity index is 654. The molecule has 0 heterocycles. The summed E-state index contributed by atoms with van der Waals surface area (Å²) >= 11 is 6.43. The molecule has 106 valence electrons. The van der Waals surface area contributed by atoms with E-state index in [1.54, 1.807) is 12.1 Å². The summed E-state index contributed by atoms with van der Waals surface area (Å²) in [5, 5.41) is 4.20. The minimum atomic E-state index is -0.141. The highest BCUT2D eigenvalue weighted by atomic mass is 32.2. The van der Waals surface area contributed by atoms with E-state index in [2.05, 4.69) is 10.5 Å². The molecule has 0 unspecified atom stereocenters. The van der Waals surface area contributed by atoms with Gasteiger partial charge in [0.25, 0.3) is 0 Å². The molecule has 0 bridgehead atoms. The third-order valence-corrected chi connectivity index (χ3v) is 3.80. The quantitative estimate of drug-likeness (QED) is 0.406. The third kappa shape index (κ3) is 4.24. The number of hydrazone groups is 1. The van der Waals surface area contributed by atoms with Crippen LogP contribution in [0.3, 0.4) is 0 Å². The van der Waals surface area contributed by atoms with Crippen LogP contribution in [0.5, 0.6) is 0 Å². The minimum absolute atomic E-state index is 0.141. The summed E-state index contributed by atoms with van der Waals surface area (Å²) < 4.78 is 0.518. The molecule has 0 atom stereocenters. The Kier molecular flexibility index (Phi) is 5.66. The fraction of sp³-hybridized carbons (Fsp3) is 0.0625. The number of carbonyl (C=O) groups is 1. The van der Waals surface area contributed by atoms with E-state index in [1.165, 1.54) is 11.8 Å². The van der Waals surface area contributed by atoms with Gasteiger partial charge in [-0.1, -0.05) is 84.6 Å². The molecule has 0 aromatic heterocycles. The van der Waals surface area contributed by atoms with Crippen LogP contribution in [0.1, 0.15) is 15.9 Å². The number of benzene rings is 2. The van der Waals surface area contributed by atoms with Crippen LogP contribution in [0.25, 0.3) is 0 Å². The topological polar surface area (TPSA) is 41.5 Å². The molecule has 0 spiro atoms. The van der Waals surface area contributed by atoms with Crippen molar-refractivity contribution in [3.05, 3.63) is 71.8 Å². The number of nitrogens with zero attached hydrogens (tertiary/aromatic N) is 1. The molecule has 0 amide bonds. The first-order chi connectivity index (χ1) is 10.2. The monoisotopic (exact) mass is 314 g/mol. The van der Waals surface area contributed by atoms with Crippen molar-refractivity contribution in [3.63, 3.8) is 0 Å². The van der Waals surface area contributed by atoms with Gasteiger partial charge in [0.05, 0.1) is 0 Å². The number of ketones is 1. The molecular formula is C16H14N2OS2. The van der Waals surface area contributed by atoms with Crippen molar-refractivity contribution in [3.8, 4) is 0 Å². The van der Waals surface area contributed by atoms with Gasteiger partial charge in [0.2, 0.25) is 5.78 Å². The number of thioether (sulfide) groups is 1. The van der Waals surface area contributed by atoms with Crippen molar-refractivity contribution >= 4 is 39.8 Å². The Balaban J connectivity index is 2.37. The van der Waals surface area contributed by atoms with E-state index in [-0.39, 0.29) is 5.78 Å². The molecule has 0 aliphatic heterocycles. The van der Waals surface area contributed by atoms with Gasteiger partial charge >= 0.3 is 0 Å². The zero-order valence-corrected chi connectivity index (χ0v) is 13.1. The number of carbonyl (C=O) groups excluding carboxylic acids is 1. The number of thiocarbonyl (C=S) groups is 1. The van der Waals surface area contributed by atoms with E-state index >= 15 is 0 Å². The Morgan fingerprint density at radius 2 is 1.52 bits per heavy atom. The molecule has 2 aromatic carbocycles. The van der Waals surface area contributed by atoms with E-state index in [0.717, 1.165) is 5.56 Å². The predicted octanol–water partition coefficient (Wildman–Crippen LogP) is 3.51. The Morgan fingerprint density at radius 3 is 2.05 bits per heavy atom. The van der Waals surface area contributed by atoms with Crippen LogP contribution in [-0.2, 0) is 0 Å². The van der Waals surface area contributed by atoms with E-state index in [1.807, 2.05) is 54.8 Å². The fourth-order valence-electron chi connectivity index (χ4n) is 1.72. The van der Waals surface area contributed by atoms with Crippen LogP contribution in [0, 0.1) is 0 Å². The van der Waals surface area contributed by atoms with Crippen LogP contribution in [-0.4, -0.2) is 22.1 Å². The first-order valence-corrected chi connectivity index (χ1v) is 7.92. The van der Waals surface area contributed by atoms with Gasteiger partial charge in [0, 0.05) is 11.1 Å². The minimum Gasteiger partial charge on any atom is -0.287 e. The van der Waals surface area contributed by atoms with Crippen LogP contribution in [0.2, 0.25) is 0 Å². The lowest BCUT2D eigenvalue weighted by Gasteiger charge is -2.07. The summed E-state index contributed by atoms with van der Waals surface area (Å²) in [6.45, 7) is 0. The second-order valence-corrected chi connectivity index (χ2v) is 5.61. The number of hydrogen-bond acceptors (Lipinski definition) is 4. The normalized spacial score (nSPS) is 11.0. The van der Waals surface area contributed by atoms with Crippen molar-refractivity contribution < 1.29 is 4.79 Å². The van der Waals surface area contributed by atoms with Crippen molar-refractivity contribution in [2.45, 2.75) is 0 Å². The van der Waals surface area contributed by atoms with Gasteiger partial charge in [-0.05, 0) is 6.26 Å². The standard InChI is InChI=1S/C16H14N2OS2/c1-21-16(20)18-17-14(12-8-4-2-5-9-12)15(19)13-10-6-3-7-11-13/h2-11H,1H3,(H,18,20). The molecule has 0 saturated carbocycles. The second-order valence-electron chi connectivity index (χ2n) is 4.12. The van der Waals surface area contributed by atoms with E-state index in [9.17, 15) is 4.79 Å². The highest BCUT2D eigenvalue weighted by Gasteiger charge is 2.16. The first-order valence-electron chi connectivity index (χ1n) is 6.29. The van der Waals surface area contributed by atoms with Crippen molar-refractivity contribution in [2.24, 2.45) is 5.10 Å². The molecule has 0 saturated heterocycles. The number of hydrogen-bond donors (Lipinski definition) is 1. The maximum absolute atomic E-state index is 12.6. The summed E-state index contributed by atoms with van der Waals surface area (Å²) in [6.07, 6.45) is 1.85. The second kappa shape index (κ2) is 7.71. The number of nitrogens with one attached hydrogen (secondary N) is 1. The molecule has 21 heavy (non-hydrogen) atoms. The van der Waals surface area contributed by atoms with Gasteiger partial charge in [-0.2, -0.15) is 5.10 Å². The SMILES string of the molecule is CSC(=S)NN=C(C(=O)c1ccccc1)c1ccccc1. The lowest BCUT2D eigenvalue weighted by molar-refractivity contribution is 0.106. The third-order valence-electron chi connectivity index (χ3n) is 2.74. The summed E-state index contributed by atoms with van der Waals surface area (Å²) in [5.41, 5.74) is 4.44. The van der Waals surface area contributed by atoms with Crippen LogP contribution >= 0.6 is 24.0 Å². The van der Waals surface area contributed by atoms with Gasteiger partial charge in [-0.3, -0.25) is 10.2 Å². The van der Waals surface area contributed by atoms with Crippen molar-refractivity contribution in [1.29, 1.82) is 0 Å². The lowest BCUT2D eigenvalue weighted by Crippen LogP contribution is -2.21. The maximum atomic E-state index is 12.6. The Labute approximate surface area is 133 Å². The highest BCUT2D eigenvalue weighted by Crippen LogP contribution is 2.09. The van der Waals surface area contributed by atoms with E-state index in [0.29, 0.717) is 15.6 Å². The molecule has 2 rings (SSSR count). The Morgan fingerprint density at radius 1 is 1.00 bits per heavy atom. The molecule has 0 fully saturated rings. The molecule has 5 heteroatoms. The van der Waals surface area contributed by atoms with Crippen molar-refractivity contribution in [1.82, 2.24) is 5.43 Å². The number of Topliss-reactive ketones (excluding diaryl/α,β-unsaturated/α-hetero) is 1. The average Bonchev–Trinajstić information content (AvgIpc) is 2.56. The summed E-state index contributed by atoms with van der Waals surface area (Å²) in [5.74, 6) is -0.141. The fourth-order valence-corrected chi connectivity index (χ4v) is 1.90. The molecule has 3 nitrogen and oxygen atoms in total. The molecule has 1 N–H and O–H groups in total. The summed E-state index contributed by atoms with van der Waals surface area (Å²) in [4.78, 5) is 12.6. The van der Waals surface area contributed by atoms with E-state index in [4.69, 9.17) is 12.2 Å². The van der Waals surface area contributed by atoms with Gasteiger partial charge in [0.1, 0.15) is 5.71 Å². The van der Waals surface area contributed by atoms with Gasteiger partial charge in [-0.15, -0.1) is 0 Å². The zero-order valence-electron chi connectivity index (χ0n) is 11.4. The van der Waals surface area contributed by atoms with Gasteiger partial charge in [-0.25, -0.2) is 0 Å². The van der Waals surface area contributed by atoms with Gasteiger partial charge in [0.15, 0.2) is 4.32 Å². The van der Waals surface area contributed by atoms with Crippen LogP contribution in [0.4, 0.5) is 0 Å². The van der Waals surface area contributed by atoms with E-state index < -0.39 is 0 Å². The zero-order chi connectivity index (χ0) is 15.1. The smallest absolute Gasteiger partial charge is 0.213 e. The highest BCUT2D eigenvalue weighted by molar-refractivity contribution is 8.22. The Hall–Kier alpha value is -1.98. The first kappa shape index (κ1) is 15.4. The maximum Gasteiger partial charge on any atom is 0.213 e. The average molecular weight is 314 g/mol.